The minimum absolute atomic E-state index is 0.151. The Hall–Kier alpha value is -0.0400. The molecule has 0 saturated heterocycles. The van der Waals surface area contributed by atoms with Crippen molar-refractivity contribution in [2.75, 3.05) is 0 Å². The van der Waals surface area contributed by atoms with Gasteiger partial charge < -0.3 is 5.73 Å². The van der Waals surface area contributed by atoms with Gasteiger partial charge in [-0.2, -0.15) is 0 Å². The van der Waals surface area contributed by atoms with Gasteiger partial charge in [-0.3, -0.25) is 0 Å². The Labute approximate surface area is 120 Å². The third-order valence-corrected chi connectivity index (χ3v) is 5.96. The molecule has 2 N–H and O–H groups in total. The molecule has 0 radical (unpaired) electrons. The highest BCUT2D eigenvalue weighted by Crippen LogP contribution is 2.56. The molecule has 0 aromatic rings. The highest BCUT2D eigenvalue weighted by atomic mass is 14.8. The van der Waals surface area contributed by atoms with Crippen molar-refractivity contribution in [2.45, 2.75) is 85.1 Å². The van der Waals surface area contributed by atoms with Crippen LogP contribution in [-0.2, 0) is 0 Å². The molecule has 0 bridgehead atoms. The molecule has 0 aliphatic heterocycles. The van der Waals surface area contributed by atoms with E-state index in [1.54, 1.807) is 0 Å². The zero-order chi connectivity index (χ0) is 14.3. The van der Waals surface area contributed by atoms with Crippen LogP contribution in [0.4, 0.5) is 0 Å². The molecule has 0 amide bonds. The maximum absolute atomic E-state index is 6.20. The summed E-state index contributed by atoms with van der Waals surface area (Å²) in [7, 11) is 0. The van der Waals surface area contributed by atoms with Crippen LogP contribution >= 0.6 is 0 Å². The Morgan fingerprint density at radius 2 is 1.89 bits per heavy atom. The Kier molecular flexibility index (Phi) is 4.35. The van der Waals surface area contributed by atoms with Crippen LogP contribution in [0.2, 0.25) is 0 Å². The van der Waals surface area contributed by atoms with Crippen molar-refractivity contribution < 1.29 is 0 Å². The Morgan fingerprint density at radius 1 is 1.32 bits per heavy atom. The van der Waals surface area contributed by atoms with Gasteiger partial charge in [0.2, 0.25) is 0 Å². The summed E-state index contributed by atoms with van der Waals surface area (Å²) in [6.07, 6.45) is 9.57. The minimum Gasteiger partial charge on any atom is -0.325 e. The fourth-order valence-corrected chi connectivity index (χ4v) is 4.59. The molecule has 2 saturated carbocycles. The summed E-state index contributed by atoms with van der Waals surface area (Å²) >= 11 is 0. The van der Waals surface area contributed by atoms with Crippen LogP contribution < -0.4 is 5.73 Å². The summed E-state index contributed by atoms with van der Waals surface area (Å²) < 4.78 is 0. The molecule has 0 aromatic carbocycles. The summed E-state index contributed by atoms with van der Waals surface area (Å²) in [6.45, 7) is 12.0. The quantitative estimate of drug-likeness (QED) is 0.689. The van der Waals surface area contributed by atoms with Crippen molar-refractivity contribution in [1.82, 2.24) is 0 Å². The van der Waals surface area contributed by atoms with Crippen molar-refractivity contribution in [1.29, 1.82) is 0 Å². The van der Waals surface area contributed by atoms with E-state index in [1.807, 2.05) is 0 Å². The predicted octanol–water partition coefficient (Wildman–Crippen LogP) is 4.99. The SMILES string of the molecule is CCCCC(C)(C)[C@H](CC1CC(C)(N)C1)C1C[C@H]1C. The first-order chi connectivity index (χ1) is 8.75. The van der Waals surface area contributed by atoms with Gasteiger partial charge in [-0.25, -0.2) is 0 Å². The van der Waals surface area contributed by atoms with E-state index in [4.69, 9.17) is 5.73 Å². The molecular weight excluding hydrogens is 230 g/mol. The number of hydrogen-bond donors (Lipinski definition) is 1. The molecule has 0 spiro atoms. The summed E-state index contributed by atoms with van der Waals surface area (Å²) in [4.78, 5) is 0. The van der Waals surface area contributed by atoms with Crippen LogP contribution in [0.25, 0.3) is 0 Å². The lowest BCUT2D eigenvalue weighted by atomic mass is 9.61. The standard InChI is InChI=1S/C18H35N/c1-6-7-8-17(3,4)16(15-9-13(15)2)10-14-11-18(5,19)12-14/h13-16H,6-12,19H2,1-5H3/t13-,14?,15?,16-,18?/m1/s1. The second kappa shape index (κ2) is 5.39. The summed E-state index contributed by atoms with van der Waals surface area (Å²) in [6, 6.07) is 0. The molecule has 1 nitrogen and oxygen atoms in total. The lowest BCUT2D eigenvalue weighted by Gasteiger charge is -2.46. The molecule has 3 atom stereocenters. The Balaban J connectivity index is 1.92. The van der Waals surface area contributed by atoms with Crippen LogP contribution in [0.3, 0.4) is 0 Å². The van der Waals surface area contributed by atoms with Gasteiger partial charge in [0.15, 0.2) is 0 Å². The van der Waals surface area contributed by atoms with Crippen LogP contribution in [0.15, 0.2) is 0 Å². The van der Waals surface area contributed by atoms with Gasteiger partial charge in [0.25, 0.3) is 0 Å². The fourth-order valence-electron chi connectivity index (χ4n) is 4.59. The average Bonchev–Trinajstić information content (AvgIpc) is 2.97. The molecule has 1 heteroatoms. The van der Waals surface area contributed by atoms with E-state index in [-0.39, 0.29) is 5.54 Å². The molecule has 2 rings (SSSR count). The lowest BCUT2D eigenvalue weighted by molar-refractivity contribution is 0.0719. The fraction of sp³-hybridized carbons (Fsp3) is 1.00. The Morgan fingerprint density at radius 3 is 2.32 bits per heavy atom. The molecule has 2 aliphatic rings. The highest BCUT2D eigenvalue weighted by Gasteiger charge is 2.48. The smallest absolute Gasteiger partial charge is 0.0131 e. The lowest BCUT2D eigenvalue weighted by Crippen LogP contribution is -2.50. The first-order valence-electron chi connectivity index (χ1n) is 8.54. The minimum atomic E-state index is 0.151. The van der Waals surface area contributed by atoms with Gasteiger partial charge in [0.1, 0.15) is 0 Å². The first kappa shape index (κ1) is 15.4. The topological polar surface area (TPSA) is 26.0 Å². The third-order valence-electron chi connectivity index (χ3n) is 5.96. The molecular formula is C18H35N. The molecule has 19 heavy (non-hydrogen) atoms. The van der Waals surface area contributed by atoms with Crippen LogP contribution in [-0.4, -0.2) is 5.54 Å². The first-order valence-corrected chi connectivity index (χ1v) is 8.54. The van der Waals surface area contributed by atoms with Crippen LogP contribution in [0.1, 0.15) is 79.6 Å². The van der Waals surface area contributed by atoms with E-state index in [2.05, 4.69) is 34.6 Å². The van der Waals surface area contributed by atoms with Gasteiger partial charge in [-0.05, 0) is 68.1 Å². The largest absolute Gasteiger partial charge is 0.325 e. The monoisotopic (exact) mass is 265 g/mol. The molecule has 0 aromatic heterocycles. The molecule has 2 aliphatic carbocycles. The van der Waals surface area contributed by atoms with Crippen LogP contribution in [0, 0.1) is 29.1 Å². The average molecular weight is 265 g/mol. The number of hydrogen-bond acceptors (Lipinski definition) is 1. The maximum atomic E-state index is 6.20. The van der Waals surface area contributed by atoms with E-state index in [0.717, 1.165) is 23.7 Å². The Bertz CT molecular complexity index is 297. The number of unbranched alkanes of at least 4 members (excludes halogenated alkanes) is 1. The van der Waals surface area contributed by atoms with Crippen molar-refractivity contribution in [3.8, 4) is 0 Å². The van der Waals surface area contributed by atoms with Crippen molar-refractivity contribution in [3.05, 3.63) is 0 Å². The second-order valence-electron chi connectivity index (χ2n) is 8.74. The van der Waals surface area contributed by atoms with E-state index >= 15 is 0 Å². The van der Waals surface area contributed by atoms with Gasteiger partial charge in [0, 0.05) is 5.54 Å². The van der Waals surface area contributed by atoms with E-state index < -0.39 is 0 Å². The summed E-state index contributed by atoms with van der Waals surface area (Å²) in [5.74, 6) is 3.84. The summed E-state index contributed by atoms with van der Waals surface area (Å²) in [5, 5.41) is 0. The molecule has 1 unspecified atom stereocenters. The van der Waals surface area contributed by atoms with Crippen molar-refractivity contribution in [2.24, 2.45) is 34.8 Å². The van der Waals surface area contributed by atoms with Crippen molar-refractivity contribution in [3.63, 3.8) is 0 Å². The highest BCUT2D eigenvalue weighted by molar-refractivity contribution is 5.00. The number of nitrogens with two attached hydrogens (primary N) is 1. The molecule has 112 valence electrons. The molecule has 0 heterocycles. The van der Waals surface area contributed by atoms with E-state index in [1.165, 1.54) is 44.9 Å². The number of rotatable bonds is 7. The maximum Gasteiger partial charge on any atom is 0.0131 e. The van der Waals surface area contributed by atoms with Gasteiger partial charge in [-0.15, -0.1) is 0 Å². The second-order valence-corrected chi connectivity index (χ2v) is 8.74. The van der Waals surface area contributed by atoms with Crippen LogP contribution in [0.5, 0.6) is 0 Å². The third kappa shape index (κ3) is 3.74. The zero-order valence-corrected chi connectivity index (χ0v) is 13.8. The van der Waals surface area contributed by atoms with E-state index in [0.29, 0.717) is 5.41 Å². The van der Waals surface area contributed by atoms with E-state index in [9.17, 15) is 0 Å². The zero-order valence-electron chi connectivity index (χ0n) is 13.8. The predicted molar refractivity (Wildman–Crippen MR) is 84.0 cm³/mol. The normalized spacial score (nSPS) is 39.8. The summed E-state index contributed by atoms with van der Waals surface area (Å²) in [5.41, 5.74) is 6.88. The van der Waals surface area contributed by atoms with Gasteiger partial charge in [0.05, 0.1) is 0 Å². The molecule has 2 fully saturated rings. The van der Waals surface area contributed by atoms with Crippen molar-refractivity contribution >= 4 is 0 Å². The van der Waals surface area contributed by atoms with Gasteiger partial charge in [-0.1, -0.05) is 40.5 Å². The van der Waals surface area contributed by atoms with Gasteiger partial charge >= 0.3 is 0 Å².